The molecule has 2 aliphatic rings. The van der Waals surface area contributed by atoms with E-state index in [4.69, 9.17) is 5.11 Å². The number of carbonyl (C=O) groups excluding carboxylic acids is 2. The first-order valence-corrected chi connectivity index (χ1v) is 8.54. The average molecular weight is 360 g/mol. The molecule has 2 amide bonds. The predicted molar refractivity (Wildman–Crippen MR) is 101 cm³/mol. The summed E-state index contributed by atoms with van der Waals surface area (Å²) in [4.78, 5) is 37.5. The average Bonchev–Trinajstić information content (AvgIpc) is 2.93. The van der Waals surface area contributed by atoms with Crippen molar-refractivity contribution in [2.75, 3.05) is 10.2 Å². The maximum absolute atomic E-state index is 12.7. The summed E-state index contributed by atoms with van der Waals surface area (Å²) < 4.78 is 0. The van der Waals surface area contributed by atoms with Gasteiger partial charge in [-0.1, -0.05) is 12.2 Å². The number of anilines is 2. The zero-order chi connectivity index (χ0) is 19.0. The molecule has 0 unspecified atom stereocenters. The van der Waals surface area contributed by atoms with E-state index in [0.29, 0.717) is 5.69 Å². The minimum Gasteiger partial charge on any atom is -0.478 e. The lowest BCUT2D eigenvalue weighted by Crippen LogP contribution is -2.29. The number of rotatable bonds is 4. The van der Waals surface area contributed by atoms with Crippen LogP contribution in [-0.4, -0.2) is 22.9 Å². The van der Waals surface area contributed by atoms with Gasteiger partial charge < -0.3 is 10.4 Å². The number of benzene rings is 2. The lowest BCUT2D eigenvalue weighted by Gasteiger charge is -2.15. The smallest absolute Gasteiger partial charge is 0.335 e. The van der Waals surface area contributed by atoms with E-state index in [0.717, 1.165) is 29.1 Å². The second kappa shape index (κ2) is 6.57. The number of fused-ring (bicyclic) bond motifs is 1. The number of hydrogen-bond acceptors (Lipinski definition) is 4. The van der Waals surface area contributed by atoms with Crippen molar-refractivity contribution >= 4 is 29.2 Å². The van der Waals surface area contributed by atoms with Gasteiger partial charge in [0.15, 0.2) is 0 Å². The monoisotopic (exact) mass is 360 g/mol. The molecule has 6 nitrogen and oxygen atoms in total. The molecule has 0 saturated carbocycles. The highest BCUT2D eigenvalue weighted by molar-refractivity contribution is 6.34. The summed E-state index contributed by atoms with van der Waals surface area (Å²) >= 11 is 0. The van der Waals surface area contributed by atoms with Gasteiger partial charge in [0, 0.05) is 11.4 Å². The number of carbonyl (C=O) groups is 3. The second-order valence-corrected chi connectivity index (χ2v) is 6.32. The minimum absolute atomic E-state index is 0.0230. The van der Waals surface area contributed by atoms with Crippen LogP contribution in [0, 0.1) is 0 Å². The van der Waals surface area contributed by atoms with E-state index < -0.39 is 17.8 Å². The minimum atomic E-state index is -1.14. The van der Waals surface area contributed by atoms with E-state index in [-0.39, 0.29) is 16.7 Å². The van der Waals surface area contributed by atoms with E-state index in [1.807, 2.05) is 6.08 Å². The first-order valence-electron chi connectivity index (χ1n) is 8.54. The summed E-state index contributed by atoms with van der Waals surface area (Å²) in [5, 5.41) is 12.4. The lowest BCUT2D eigenvalue weighted by atomic mass is 10.1. The third-order valence-corrected chi connectivity index (χ3v) is 4.54. The predicted octanol–water partition coefficient (Wildman–Crippen LogP) is 3.83. The summed E-state index contributed by atoms with van der Waals surface area (Å²) in [5.41, 5.74) is 2.60. The largest absolute Gasteiger partial charge is 0.478 e. The second-order valence-electron chi connectivity index (χ2n) is 6.32. The Morgan fingerprint density at radius 2 is 1.70 bits per heavy atom. The number of hydrogen-bond donors (Lipinski definition) is 2. The highest BCUT2D eigenvalue weighted by atomic mass is 16.4. The molecule has 0 radical (unpaired) electrons. The lowest BCUT2D eigenvalue weighted by molar-refractivity contribution is 0.0696. The molecular weight excluding hydrogens is 344 g/mol. The van der Waals surface area contributed by atoms with Crippen LogP contribution < -0.4 is 10.2 Å². The number of allylic oxidation sites excluding steroid dienone is 3. The van der Waals surface area contributed by atoms with Crippen LogP contribution in [0.1, 0.15) is 43.9 Å². The van der Waals surface area contributed by atoms with Crippen LogP contribution in [0.4, 0.5) is 11.4 Å². The topological polar surface area (TPSA) is 86.7 Å². The molecular formula is C21H16N2O4. The molecule has 2 aromatic rings. The fourth-order valence-electron chi connectivity index (χ4n) is 3.17. The van der Waals surface area contributed by atoms with Crippen LogP contribution in [0.15, 0.2) is 66.4 Å². The Balaban J connectivity index is 1.59. The third kappa shape index (κ3) is 3.01. The number of imide groups is 1. The standard InChI is InChI=1S/C21H16N2O4/c24-19-17-11-6-13(21(26)27)12-18(17)20(25)23(19)16-9-7-15(8-10-16)22-14-4-2-1-3-5-14/h2,4-12,22H,1,3H2,(H,26,27). The Morgan fingerprint density at radius 3 is 2.37 bits per heavy atom. The van der Waals surface area contributed by atoms with Gasteiger partial charge in [0.05, 0.1) is 22.4 Å². The van der Waals surface area contributed by atoms with Crippen molar-refractivity contribution in [2.24, 2.45) is 0 Å². The molecule has 0 fully saturated rings. The molecule has 2 aromatic carbocycles. The number of aromatic carboxylic acids is 1. The molecule has 1 aliphatic heterocycles. The normalized spacial score (nSPS) is 15.6. The number of nitrogens with one attached hydrogen (secondary N) is 1. The van der Waals surface area contributed by atoms with Gasteiger partial charge in [-0.2, -0.15) is 0 Å². The van der Waals surface area contributed by atoms with E-state index in [2.05, 4.69) is 17.5 Å². The van der Waals surface area contributed by atoms with Gasteiger partial charge in [0.2, 0.25) is 0 Å². The Hall–Kier alpha value is -3.67. The Bertz CT molecular complexity index is 1020. The number of amides is 2. The van der Waals surface area contributed by atoms with Crippen LogP contribution in [0.2, 0.25) is 0 Å². The van der Waals surface area contributed by atoms with Gasteiger partial charge in [-0.05, 0) is 61.4 Å². The summed E-state index contributed by atoms with van der Waals surface area (Å²) in [7, 11) is 0. The molecule has 6 heteroatoms. The first kappa shape index (κ1) is 16.8. The molecule has 1 heterocycles. The van der Waals surface area contributed by atoms with Crippen LogP contribution in [0.25, 0.3) is 0 Å². The van der Waals surface area contributed by atoms with Crippen LogP contribution in [-0.2, 0) is 0 Å². The van der Waals surface area contributed by atoms with Gasteiger partial charge in [0.1, 0.15) is 0 Å². The van der Waals surface area contributed by atoms with Gasteiger partial charge in [0.25, 0.3) is 11.8 Å². The van der Waals surface area contributed by atoms with E-state index in [1.165, 1.54) is 18.2 Å². The quantitative estimate of drug-likeness (QED) is 0.809. The highest BCUT2D eigenvalue weighted by Gasteiger charge is 2.37. The van der Waals surface area contributed by atoms with Gasteiger partial charge in [-0.25, -0.2) is 9.69 Å². The SMILES string of the molecule is O=C(O)c1ccc2c(c1)C(=O)N(c1ccc(NC3=CCCC=C3)cc1)C2=O. The van der Waals surface area contributed by atoms with E-state index >= 15 is 0 Å². The van der Waals surface area contributed by atoms with Crippen LogP contribution in [0.5, 0.6) is 0 Å². The zero-order valence-electron chi connectivity index (χ0n) is 14.3. The van der Waals surface area contributed by atoms with E-state index in [1.54, 1.807) is 24.3 Å². The van der Waals surface area contributed by atoms with E-state index in [9.17, 15) is 14.4 Å². The van der Waals surface area contributed by atoms with Gasteiger partial charge in [-0.3, -0.25) is 9.59 Å². The number of nitrogens with zero attached hydrogens (tertiary/aromatic N) is 1. The Morgan fingerprint density at radius 1 is 0.963 bits per heavy atom. The number of carboxylic acid groups (broad SMARTS) is 1. The fourth-order valence-corrected chi connectivity index (χ4v) is 3.17. The van der Waals surface area contributed by atoms with Crippen LogP contribution >= 0.6 is 0 Å². The maximum Gasteiger partial charge on any atom is 0.335 e. The third-order valence-electron chi connectivity index (χ3n) is 4.54. The highest BCUT2D eigenvalue weighted by Crippen LogP contribution is 2.30. The molecule has 0 bridgehead atoms. The summed E-state index contributed by atoms with van der Waals surface area (Å²) in [6.07, 6.45) is 8.25. The summed E-state index contributed by atoms with van der Waals surface area (Å²) in [5.74, 6) is -2.11. The van der Waals surface area contributed by atoms with Crippen molar-refractivity contribution in [2.45, 2.75) is 12.8 Å². The van der Waals surface area contributed by atoms with Crippen molar-refractivity contribution in [1.82, 2.24) is 0 Å². The molecule has 4 rings (SSSR count). The number of carboxylic acids is 1. The summed E-state index contributed by atoms with van der Waals surface area (Å²) in [6, 6.07) is 10.9. The Kier molecular flexibility index (Phi) is 4.08. The fraction of sp³-hybridized carbons (Fsp3) is 0.0952. The molecule has 0 saturated heterocycles. The summed E-state index contributed by atoms with van der Waals surface area (Å²) in [6.45, 7) is 0. The van der Waals surface area contributed by atoms with Gasteiger partial charge >= 0.3 is 5.97 Å². The molecule has 0 aromatic heterocycles. The van der Waals surface area contributed by atoms with Crippen molar-refractivity contribution in [3.8, 4) is 0 Å². The van der Waals surface area contributed by atoms with Crippen molar-refractivity contribution < 1.29 is 19.5 Å². The van der Waals surface area contributed by atoms with Gasteiger partial charge in [-0.15, -0.1) is 0 Å². The molecule has 27 heavy (non-hydrogen) atoms. The van der Waals surface area contributed by atoms with Crippen molar-refractivity contribution in [1.29, 1.82) is 0 Å². The maximum atomic E-state index is 12.7. The van der Waals surface area contributed by atoms with Crippen LogP contribution in [0.3, 0.4) is 0 Å². The molecule has 2 N–H and O–H groups in total. The Labute approximate surface area is 155 Å². The molecule has 0 atom stereocenters. The molecule has 0 spiro atoms. The zero-order valence-corrected chi connectivity index (χ0v) is 14.3. The first-order chi connectivity index (χ1) is 13.0. The van der Waals surface area contributed by atoms with Crippen molar-refractivity contribution in [3.63, 3.8) is 0 Å². The van der Waals surface area contributed by atoms with Crippen molar-refractivity contribution in [3.05, 3.63) is 83.1 Å². The molecule has 134 valence electrons. The molecule has 1 aliphatic carbocycles.